The van der Waals surface area contributed by atoms with Crippen molar-refractivity contribution in [3.63, 3.8) is 0 Å². The normalized spacial score (nSPS) is 16.0. The second-order valence-electron chi connectivity index (χ2n) is 16.2. The number of nitrogens with zero attached hydrogens (tertiary/aromatic N) is 2. The second-order valence-corrected chi connectivity index (χ2v) is 16.2. The van der Waals surface area contributed by atoms with Crippen LogP contribution < -0.4 is 30.3 Å². The van der Waals surface area contributed by atoms with Crippen molar-refractivity contribution in [3.8, 4) is 11.5 Å². The van der Waals surface area contributed by atoms with Gasteiger partial charge in [0, 0.05) is 0 Å². The van der Waals surface area contributed by atoms with Gasteiger partial charge in [-0.2, -0.15) is 0 Å². The van der Waals surface area contributed by atoms with E-state index in [1.54, 1.807) is 14.2 Å². The lowest BCUT2D eigenvalue weighted by molar-refractivity contribution is 0.414. The zero-order valence-electron chi connectivity index (χ0n) is 35.7. The highest BCUT2D eigenvalue weighted by Gasteiger charge is 2.29. The average molecular weight is 783 g/mol. The van der Waals surface area contributed by atoms with E-state index in [1.165, 1.54) is 39.1 Å². The van der Waals surface area contributed by atoms with Crippen LogP contribution in [0.1, 0.15) is 110 Å². The summed E-state index contributed by atoms with van der Waals surface area (Å²) in [6.07, 6.45) is 4.60. The molecule has 2 aliphatic rings. The number of benzene rings is 6. The van der Waals surface area contributed by atoms with Crippen molar-refractivity contribution in [1.29, 1.82) is 0 Å². The van der Waals surface area contributed by atoms with Crippen LogP contribution in [0.2, 0.25) is 0 Å². The predicted octanol–water partition coefficient (Wildman–Crippen LogP) is 13.0. The third-order valence-electron chi connectivity index (χ3n) is 11.3. The molecule has 2 unspecified atom stereocenters. The average Bonchev–Trinajstić information content (AvgIpc) is 3.94. The van der Waals surface area contributed by atoms with Crippen LogP contribution in [-0.4, -0.2) is 14.2 Å². The molecule has 8 rings (SSSR count). The van der Waals surface area contributed by atoms with Gasteiger partial charge in [0.1, 0.15) is 11.5 Å². The fourth-order valence-corrected chi connectivity index (χ4v) is 7.51. The third kappa shape index (κ3) is 9.50. The predicted molar refractivity (Wildman–Crippen MR) is 247 cm³/mol. The molecule has 2 N–H and O–H groups in total. The van der Waals surface area contributed by atoms with Crippen molar-refractivity contribution < 1.29 is 9.47 Å². The molecule has 0 bridgehead atoms. The molecule has 0 saturated carbocycles. The highest BCUT2D eigenvalue weighted by atomic mass is 16.5. The summed E-state index contributed by atoms with van der Waals surface area (Å²) in [5.41, 5.74) is 20.7. The minimum absolute atomic E-state index is 0.0942. The molecule has 0 spiro atoms. The Morgan fingerprint density at radius 2 is 0.746 bits per heavy atom. The number of nitrogens with one attached hydrogen (secondary N) is 2. The summed E-state index contributed by atoms with van der Waals surface area (Å²) in [6, 6.07) is 53.9. The Balaban J connectivity index is 0.000000181. The van der Waals surface area contributed by atoms with Gasteiger partial charge in [-0.1, -0.05) is 133 Å². The summed E-state index contributed by atoms with van der Waals surface area (Å²) in [5.74, 6) is 3.30. The summed E-state index contributed by atoms with van der Waals surface area (Å²) in [6.45, 7) is 13.4. The highest BCUT2D eigenvalue weighted by Crippen LogP contribution is 2.38. The van der Waals surface area contributed by atoms with Gasteiger partial charge in [-0.15, -0.1) is 0 Å². The standard InChI is InChI=1S/C30H36N2.C23H22N2O2/c1-20(2)23-7-11-26(12-8-23)29-19-30(27-13-9-24(10-14-27)21(3)4)32(31-29)28-17-15-25(16-18-28)22(5)6;1-26-20-12-8-17(9-13-20)22-16-23(18-6-4-3-5-7-18)25(24-22)19-10-14-21(27-2)15-11-19/h7-22,30-31H,1-6H3;3-16,23-24H,1-2H3. The number of anilines is 2. The number of rotatable bonds is 11. The first kappa shape index (κ1) is 40.8. The largest absolute Gasteiger partial charge is 0.497 e. The van der Waals surface area contributed by atoms with Gasteiger partial charge < -0.3 is 9.47 Å². The fourth-order valence-electron chi connectivity index (χ4n) is 7.51. The third-order valence-corrected chi connectivity index (χ3v) is 11.3. The SMILES string of the molecule is CC(C)c1ccc(C2=CC(c3ccc(C(C)C)cc3)N(c3ccc(C(C)C)cc3)N2)cc1.COc1ccc(C2=CC(c3ccccc3)N(c3ccc(OC)cc3)N2)cc1. The van der Waals surface area contributed by atoms with Crippen molar-refractivity contribution in [2.75, 3.05) is 24.2 Å². The van der Waals surface area contributed by atoms with E-state index in [-0.39, 0.29) is 12.1 Å². The lowest BCUT2D eigenvalue weighted by Crippen LogP contribution is -2.34. The Kier molecular flexibility index (Phi) is 12.8. The van der Waals surface area contributed by atoms with E-state index in [4.69, 9.17) is 9.47 Å². The Labute approximate surface area is 351 Å². The number of methoxy groups -OCH3 is 2. The molecule has 0 aromatic heterocycles. The van der Waals surface area contributed by atoms with Gasteiger partial charge in [-0.25, -0.2) is 0 Å². The van der Waals surface area contributed by atoms with Crippen molar-refractivity contribution in [3.05, 3.63) is 203 Å². The van der Waals surface area contributed by atoms with Crippen molar-refractivity contribution in [2.24, 2.45) is 0 Å². The Morgan fingerprint density at radius 1 is 0.407 bits per heavy atom. The maximum absolute atomic E-state index is 5.29. The van der Waals surface area contributed by atoms with Crippen LogP contribution in [0.4, 0.5) is 11.4 Å². The van der Waals surface area contributed by atoms with Crippen molar-refractivity contribution in [2.45, 2.75) is 71.4 Å². The molecule has 302 valence electrons. The van der Waals surface area contributed by atoms with Gasteiger partial charge in [-0.3, -0.25) is 20.9 Å². The highest BCUT2D eigenvalue weighted by molar-refractivity contribution is 5.74. The van der Waals surface area contributed by atoms with E-state index in [0.29, 0.717) is 17.8 Å². The molecule has 6 aromatic carbocycles. The number of hydrazine groups is 2. The van der Waals surface area contributed by atoms with Crippen LogP contribution in [0.3, 0.4) is 0 Å². The van der Waals surface area contributed by atoms with E-state index in [9.17, 15) is 0 Å². The van der Waals surface area contributed by atoms with E-state index >= 15 is 0 Å². The van der Waals surface area contributed by atoms with E-state index < -0.39 is 0 Å². The zero-order chi connectivity index (χ0) is 41.5. The smallest absolute Gasteiger partial charge is 0.119 e. The van der Waals surface area contributed by atoms with E-state index in [2.05, 4.69) is 196 Å². The molecule has 0 amide bonds. The van der Waals surface area contributed by atoms with Crippen LogP contribution in [-0.2, 0) is 0 Å². The number of ether oxygens (including phenoxy) is 2. The molecule has 0 radical (unpaired) electrons. The molecule has 2 heterocycles. The molecular weight excluding hydrogens is 725 g/mol. The minimum Gasteiger partial charge on any atom is -0.497 e. The summed E-state index contributed by atoms with van der Waals surface area (Å²) >= 11 is 0. The molecule has 2 atom stereocenters. The van der Waals surface area contributed by atoms with E-state index in [0.717, 1.165) is 34.1 Å². The molecule has 0 fully saturated rings. The van der Waals surface area contributed by atoms with Crippen LogP contribution >= 0.6 is 0 Å². The first-order valence-corrected chi connectivity index (χ1v) is 20.8. The first-order valence-electron chi connectivity index (χ1n) is 20.8. The summed E-state index contributed by atoms with van der Waals surface area (Å²) in [4.78, 5) is 0. The lowest BCUT2D eigenvalue weighted by atomic mass is 9.97. The molecule has 6 aromatic rings. The van der Waals surface area contributed by atoms with Crippen LogP contribution in [0.5, 0.6) is 11.5 Å². The van der Waals surface area contributed by atoms with E-state index in [1.807, 2.05) is 30.3 Å². The van der Waals surface area contributed by atoms with Crippen LogP contribution in [0.25, 0.3) is 11.4 Å². The summed E-state index contributed by atoms with van der Waals surface area (Å²) in [5, 5.41) is 4.47. The summed E-state index contributed by atoms with van der Waals surface area (Å²) < 4.78 is 10.6. The molecule has 6 nitrogen and oxygen atoms in total. The molecule has 0 saturated heterocycles. The zero-order valence-corrected chi connectivity index (χ0v) is 35.7. The lowest BCUT2D eigenvalue weighted by Gasteiger charge is -2.28. The molecular formula is C53H58N4O2. The first-order chi connectivity index (χ1) is 28.6. The molecule has 2 aliphatic heterocycles. The molecule has 59 heavy (non-hydrogen) atoms. The fraction of sp³-hybridized carbons (Fsp3) is 0.245. The topological polar surface area (TPSA) is 49.0 Å². The Bertz CT molecular complexity index is 2310. The van der Waals surface area contributed by atoms with Gasteiger partial charge in [0.15, 0.2) is 0 Å². The van der Waals surface area contributed by atoms with Gasteiger partial charge >= 0.3 is 0 Å². The Morgan fingerprint density at radius 3 is 1.15 bits per heavy atom. The maximum Gasteiger partial charge on any atom is 0.119 e. The number of hydrogen-bond donors (Lipinski definition) is 2. The van der Waals surface area contributed by atoms with Crippen LogP contribution in [0, 0.1) is 0 Å². The van der Waals surface area contributed by atoms with Crippen LogP contribution in [0.15, 0.2) is 164 Å². The van der Waals surface area contributed by atoms with Gasteiger partial charge in [-0.05, 0) is 130 Å². The quantitative estimate of drug-likeness (QED) is 0.136. The Hall–Kier alpha value is -6.40. The monoisotopic (exact) mass is 782 g/mol. The van der Waals surface area contributed by atoms with Gasteiger partial charge in [0.2, 0.25) is 0 Å². The second kappa shape index (κ2) is 18.5. The van der Waals surface area contributed by atoms with Crippen molar-refractivity contribution in [1.82, 2.24) is 10.9 Å². The number of hydrogen-bond acceptors (Lipinski definition) is 6. The van der Waals surface area contributed by atoms with Gasteiger partial charge in [0.25, 0.3) is 0 Å². The van der Waals surface area contributed by atoms with Crippen molar-refractivity contribution >= 4 is 22.8 Å². The van der Waals surface area contributed by atoms with Gasteiger partial charge in [0.05, 0.1) is 49.1 Å². The summed E-state index contributed by atoms with van der Waals surface area (Å²) in [7, 11) is 3.36. The minimum atomic E-state index is 0.0942. The molecule has 0 aliphatic carbocycles. The maximum atomic E-state index is 5.29. The molecule has 6 heteroatoms.